The van der Waals surface area contributed by atoms with Crippen molar-refractivity contribution in [2.24, 2.45) is 11.8 Å². The molecule has 1 rings (SSSR count). The lowest BCUT2D eigenvalue weighted by atomic mass is 9.95. The fourth-order valence-corrected chi connectivity index (χ4v) is 1.89. The number of nitrogens with zero attached hydrogens (tertiary/aromatic N) is 1. The van der Waals surface area contributed by atoms with Gasteiger partial charge in [0.2, 0.25) is 0 Å². The molecular formula is C11H19NO2. The number of aliphatic carboxylic acids is 1. The van der Waals surface area contributed by atoms with Crippen molar-refractivity contribution in [2.45, 2.75) is 20.3 Å². The van der Waals surface area contributed by atoms with Crippen LogP contribution >= 0.6 is 0 Å². The van der Waals surface area contributed by atoms with Gasteiger partial charge in [0.1, 0.15) is 0 Å². The van der Waals surface area contributed by atoms with Gasteiger partial charge in [-0.1, -0.05) is 20.4 Å². The average Bonchev–Trinajstić information content (AvgIpc) is 2.52. The first-order valence-electron chi connectivity index (χ1n) is 5.14. The third-order valence-corrected chi connectivity index (χ3v) is 2.97. The predicted octanol–water partition coefficient (Wildman–Crippen LogP) is 1.61. The second kappa shape index (κ2) is 4.60. The largest absolute Gasteiger partial charge is 0.478 e. The van der Waals surface area contributed by atoms with Crippen LogP contribution in [0.3, 0.4) is 0 Å². The lowest BCUT2D eigenvalue weighted by Gasteiger charge is -2.17. The highest BCUT2D eigenvalue weighted by Gasteiger charge is 2.25. The van der Waals surface area contributed by atoms with Crippen LogP contribution in [-0.4, -0.2) is 35.6 Å². The van der Waals surface area contributed by atoms with E-state index in [-0.39, 0.29) is 0 Å². The van der Waals surface area contributed by atoms with E-state index in [1.807, 2.05) is 0 Å². The highest BCUT2D eigenvalue weighted by molar-refractivity contribution is 5.86. The van der Waals surface area contributed by atoms with Crippen molar-refractivity contribution >= 4 is 5.97 Å². The van der Waals surface area contributed by atoms with E-state index in [0.29, 0.717) is 18.0 Å². The van der Waals surface area contributed by atoms with Gasteiger partial charge in [-0.3, -0.25) is 4.90 Å². The molecule has 0 spiro atoms. The third-order valence-electron chi connectivity index (χ3n) is 2.97. The van der Waals surface area contributed by atoms with E-state index in [0.717, 1.165) is 19.0 Å². The normalized spacial score (nSPS) is 22.9. The fraction of sp³-hybridized carbons (Fsp3) is 0.727. The molecule has 1 unspecified atom stereocenters. The molecule has 0 saturated carbocycles. The second-order valence-corrected chi connectivity index (χ2v) is 4.44. The van der Waals surface area contributed by atoms with Gasteiger partial charge in [0, 0.05) is 18.7 Å². The van der Waals surface area contributed by atoms with E-state index in [2.05, 4.69) is 25.3 Å². The molecule has 0 aromatic rings. The Labute approximate surface area is 85.4 Å². The summed E-state index contributed by atoms with van der Waals surface area (Å²) in [6.45, 7) is 10.5. The maximum Gasteiger partial charge on any atom is 0.332 e. The zero-order chi connectivity index (χ0) is 10.7. The van der Waals surface area contributed by atoms with E-state index >= 15 is 0 Å². The summed E-state index contributed by atoms with van der Waals surface area (Å²) in [6, 6.07) is 0. The molecule has 0 aromatic carbocycles. The number of hydrogen-bond acceptors (Lipinski definition) is 2. The van der Waals surface area contributed by atoms with Crippen molar-refractivity contribution in [2.75, 3.05) is 19.6 Å². The van der Waals surface area contributed by atoms with Gasteiger partial charge in [0.05, 0.1) is 0 Å². The van der Waals surface area contributed by atoms with Crippen LogP contribution in [0.2, 0.25) is 0 Å². The second-order valence-electron chi connectivity index (χ2n) is 4.44. The maximum absolute atomic E-state index is 10.6. The smallest absolute Gasteiger partial charge is 0.332 e. The standard InChI is InChI=1S/C11H19NO2/c1-8(2)10-4-5-12(7-10)6-9(3)11(13)14/h8,10H,3-7H2,1-2H3,(H,13,14). The number of carboxylic acids is 1. The molecule has 0 radical (unpaired) electrons. The lowest BCUT2D eigenvalue weighted by Crippen LogP contribution is -2.26. The Balaban J connectivity index is 2.36. The van der Waals surface area contributed by atoms with E-state index < -0.39 is 5.97 Å². The van der Waals surface area contributed by atoms with Gasteiger partial charge in [0.25, 0.3) is 0 Å². The van der Waals surface area contributed by atoms with Gasteiger partial charge in [0.15, 0.2) is 0 Å². The van der Waals surface area contributed by atoms with Crippen LogP contribution < -0.4 is 0 Å². The van der Waals surface area contributed by atoms with Crippen LogP contribution in [0.25, 0.3) is 0 Å². The summed E-state index contributed by atoms with van der Waals surface area (Å²) in [7, 11) is 0. The molecule has 1 atom stereocenters. The number of carboxylic acid groups (broad SMARTS) is 1. The molecule has 0 amide bonds. The predicted molar refractivity (Wildman–Crippen MR) is 56.2 cm³/mol. The van der Waals surface area contributed by atoms with Gasteiger partial charge in [-0.15, -0.1) is 0 Å². The summed E-state index contributed by atoms with van der Waals surface area (Å²) in [5.74, 6) is 0.535. The van der Waals surface area contributed by atoms with Crippen LogP contribution in [0.4, 0.5) is 0 Å². The Morgan fingerprint density at radius 3 is 2.71 bits per heavy atom. The number of likely N-dealkylation sites (tertiary alicyclic amines) is 1. The highest BCUT2D eigenvalue weighted by Crippen LogP contribution is 2.23. The van der Waals surface area contributed by atoms with Gasteiger partial charge in [-0.2, -0.15) is 0 Å². The van der Waals surface area contributed by atoms with E-state index in [1.165, 1.54) is 6.42 Å². The number of rotatable bonds is 4. The molecule has 14 heavy (non-hydrogen) atoms. The summed E-state index contributed by atoms with van der Waals surface area (Å²) in [5.41, 5.74) is 0.300. The zero-order valence-corrected chi connectivity index (χ0v) is 8.99. The minimum atomic E-state index is -0.877. The first-order chi connectivity index (χ1) is 6.50. The Bertz CT molecular complexity index is 235. The Hall–Kier alpha value is -0.830. The van der Waals surface area contributed by atoms with E-state index in [9.17, 15) is 4.79 Å². The van der Waals surface area contributed by atoms with Crippen molar-refractivity contribution in [1.29, 1.82) is 0 Å². The van der Waals surface area contributed by atoms with Crippen molar-refractivity contribution in [1.82, 2.24) is 4.90 Å². The summed E-state index contributed by atoms with van der Waals surface area (Å²) < 4.78 is 0. The van der Waals surface area contributed by atoms with Gasteiger partial charge in [-0.25, -0.2) is 4.79 Å². The van der Waals surface area contributed by atoms with Crippen LogP contribution in [0, 0.1) is 11.8 Å². The Morgan fingerprint density at radius 1 is 1.64 bits per heavy atom. The van der Waals surface area contributed by atoms with Gasteiger partial charge >= 0.3 is 5.97 Å². The summed E-state index contributed by atoms with van der Waals surface area (Å²) >= 11 is 0. The quantitative estimate of drug-likeness (QED) is 0.696. The molecule has 1 aliphatic rings. The van der Waals surface area contributed by atoms with E-state index in [1.54, 1.807) is 0 Å². The Morgan fingerprint density at radius 2 is 2.29 bits per heavy atom. The molecule has 80 valence electrons. The van der Waals surface area contributed by atoms with Crippen molar-refractivity contribution in [3.8, 4) is 0 Å². The molecular weight excluding hydrogens is 178 g/mol. The third kappa shape index (κ3) is 2.84. The molecule has 1 aliphatic heterocycles. The number of hydrogen-bond donors (Lipinski definition) is 1. The minimum Gasteiger partial charge on any atom is -0.478 e. The van der Waals surface area contributed by atoms with Crippen LogP contribution in [0.1, 0.15) is 20.3 Å². The molecule has 1 saturated heterocycles. The summed E-state index contributed by atoms with van der Waals surface area (Å²) in [5, 5.41) is 8.69. The number of carbonyl (C=O) groups is 1. The molecule has 1 fully saturated rings. The summed E-state index contributed by atoms with van der Waals surface area (Å²) in [4.78, 5) is 12.8. The van der Waals surface area contributed by atoms with Gasteiger partial charge in [-0.05, 0) is 24.8 Å². The van der Waals surface area contributed by atoms with Crippen molar-refractivity contribution in [3.05, 3.63) is 12.2 Å². The molecule has 3 heteroatoms. The lowest BCUT2D eigenvalue weighted by molar-refractivity contribution is -0.132. The van der Waals surface area contributed by atoms with Crippen LogP contribution in [0.15, 0.2) is 12.2 Å². The maximum atomic E-state index is 10.6. The first kappa shape index (κ1) is 11.2. The van der Waals surface area contributed by atoms with Crippen LogP contribution in [0.5, 0.6) is 0 Å². The monoisotopic (exact) mass is 197 g/mol. The summed E-state index contributed by atoms with van der Waals surface area (Å²) in [6.07, 6.45) is 1.19. The SMILES string of the molecule is C=C(CN1CCC(C(C)C)C1)C(=O)O. The van der Waals surface area contributed by atoms with Crippen molar-refractivity contribution < 1.29 is 9.90 Å². The van der Waals surface area contributed by atoms with Crippen molar-refractivity contribution in [3.63, 3.8) is 0 Å². The first-order valence-corrected chi connectivity index (χ1v) is 5.14. The molecule has 3 nitrogen and oxygen atoms in total. The van der Waals surface area contributed by atoms with E-state index in [4.69, 9.17) is 5.11 Å². The zero-order valence-electron chi connectivity index (χ0n) is 8.99. The highest BCUT2D eigenvalue weighted by atomic mass is 16.4. The average molecular weight is 197 g/mol. The molecule has 0 bridgehead atoms. The fourth-order valence-electron chi connectivity index (χ4n) is 1.89. The molecule has 0 aliphatic carbocycles. The topological polar surface area (TPSA) is 40.5 Å². The van der Waals surface area contributed by atoms with Crippen LogP contribution in [-0.2, 0) is 4.79 Å². The minimum absolute atomic E-state index is 0.300. The molecule has 1 N–H and O–H groups in total. The van der Waals surface area contributed by atoms with Gasteiger partial charge < -0.3 is 5.11 Å². The molecule has 1 heterocycles. The molecule has 0 aromatic heterocycles. The Kier molecular flexibility index (Phi) is 3.69.